The van der Waals surface area contributed by atoms with Crippen molar-refractivity contribution in [3.63, 3.8) is 0 Å². The van der Waals surface area contributed by atoms with Gasteiger partial charge >= 0.3 is 5.97 Å². The van der Waals surface area contributed by atoms with Crippen molar-refractivity contribution in [1.29, 1.82) is 0 Å². The molecule has 0 aliphatic heterocycles. The number of ether oxygens (including phenoxy) is 1. The standard InChI is InChI=1S/C17H20FN3O3/c1-11-14(16(22)23-3)8-13(24-11)10-21-17(19-2)20-9-12-6-4-5-7-15(12)18/h4-8H,9-10H2,1-3H3,(H2,19,20,21). The molecule has 7 heteroatoms. The summed E-state index contributed by atoms with van der Waals surface area (Å²) in [5.74, 6) is 0.844. The minimum absolute atomic E-state index is 0.273. The van der Waals surface area contributed by atoms with E-state index in [2.05, 4.69) is 20.4 Å². The number of aryl methyl sites for hydroxylation is 1. The van der Waals surface area contributed by atoms with Crippen LogP contribution < -0.4 is 10.6 Å². The largest absolute Gasteiger partial charge is 0.465 e. The number of hydrogen-bond acceptors (Lipinski definition) is 4. The molecular formula is C17H20FN3O3. The Kier molecular flexibility index (Phi) is 5.95. The number of nitrogens with zero attached hydrogens (tertiary/aromatic N) is 1. The van der Waals surface area contributed by atoms with E-state index in [0.29, 0.717) is 41.7 Å². The number of nitrogens with one attached hydrogen (secondary N) is 2. The highest BCUT2D eigenvalue weighted by Crippen LogP contribution is 2.15. The molecule has 0 saturated heterocycles. The van der Waals surface area contributed by atoms with E-state index >= 15 is 0 Å². The van der Waals surface area contributed by atoms with Gasteiger partial charge in [0.2, 0.25) is 0 Å². The van der Waals surface area contributed by atoms with Crippen LogP contribution in [-0.4, -0.2) is 26.1 Å². The van der Waals surface area contributed by atoms with Crippen LogP contribution in [0.5, 0.6) is 0 Å². The lowest BCUT2D eigenvalue weighted by atomic mass is 10.2. The first-order chi connectivity index (χ1) is 11.5. The van der Waals surface area contributed by atoms with Crippen LogP contribution in [0, 0.1) is 12.7 Å². The van der Waals surface area contributed by atoms with Gasteiger partial charge in [0, 0.05) is 19.2 Å². The van der Waals surface area contributed by atoms with Gasteiger partial charge in [-0.25, -0.2) is 9.18 Å². The first-order valence-corrected chi connectivity index (χ1v) is 7.40. The number of rotatable bonds is 5. The van der Waals surface area contributed by atoms with Gasteiger partial charge in [-0.2, -0.15) is 0 Å². The molecule has 6 nitrogen and oxygen atoms in total. The molecule has 2 aromatic rings. The zero-order valence-electron chi connectivity index (χ0n) is 13.9. The van der Waals surface area contributed by atoms with Crippen molar-refractivity contribution >= 4 is 11.9 Å². The SMILES string of the molecule is CN=C(NCc1cc(C(=O)OC)c(C)o1)NCc1ccccc1F. The zero-order valence-corrected chi connectivity index (χ0v) is 13.9. The maximum Gasteiger partial charge on any atom is 0.341 e. The van der Waals surface area contributed by atoms with Crippen LogP contribution in [0.2, 0.25) is 0 Å². The van der Waals surface area contributed by atoms with Crippen molar-refractivity contribution in [2.75, 3.05) is 14.2 Å². The molecule has 0 unspecified atom stereocenters. The molecule has 0 saturated carbocycles. The Morgan fingerprint density at radius 1 is 1.29 bits per heavy atom. The highest BCUT2D eigenvalue weighted by molar-refractivity contribution is 5.90. The third-order valence-corrected chi connectivity index (χ3v) is 3.43. The van der Waals surface area contributed by atoms with E-state index in [9.17, 15) is 9.18 Å². The zero-order chi connectivity index (χ0) is 17.5. The summed E-state index contributed by atoms with van der Waals surface area (Å²) in [5.41, 5.74) is 0.936. The Balaban J connectivity index is 1.92. The molecule has 0 spiro atoms. The molecule has 128 valence electrons. The number of methoxy groups -OCH3 is 1. The van der Waals surface area contributed by atoms with Crippen molar-refractivity contribution in [1.82, 2.24) is 10.6 Å². The first-order valence-electron chi connectivity index (χ1n) is 7.40. The number of guanidine groups is 1. The van der Waals surface area contributed by atoms with Crippen molar-refractivity contribution in [3.05, 3.63) is 58.8 Å². The predicted molar refractivity (Wildman–Crippen MR) is 88.2 cm³/mol. The molecular weight excluding hydrogens is 313 g/mol. The van der Waals surface area contributed by atoms with Crippen LogP contribution in [-0.2, 0) is 17.8 Å². The van der Waals surface area contributed by atoms with E-state index in [4.69, 9.17) is 4.42 Å². The Labute approximate surface area is 139 Å². The van der Waals surface area contributed by atoms with Crippen molar-refractivity contribution in [3.8, 4) is 0 Å². The summed E-state index contributed by atoms with van der Waals surface area (Å²) >= 11 is 0. The Bertz CT molecular complexity index is 740. The predicted octanol–water partition coefficient (Wildman–Crippen LogP) is 2.38. The van der Waals surface area contributed by atoms with Crippen molar-refractivity contribution in [2.45, 2.75) is 20.0 Å². The quantitative estimate of drug-likeness (QED) is 0.499. The van der Waals surface area contributed by atoms with E-state index < -0.39 is 5.97 Å². The number of esters is 1. The third kappa shape index (κ3) is 4.34. The normalized spacial score (nSPS) is 11.2. The number of benzene rings is 1. The van der Waals surface area contributed by atoms with Crippen LogP contribution in [0.15, 0.2) is 39.7 Å². The fraction of sp³-hybridized carbons (Fsp3) is 0.294. The number of aliphatic imine (C=N–C) groups is 1. The highest BCUT2D eigenvalue weighted by Gasteiger charge is 2.15. The number of hydrogen-bond donors (Lipinski definition) is 2. The topological polar surface area (TPSA) is 75.9 Å². The lowest BCUT2D eigenvalue weighted by Crippen LogP contribution is -2.36. The molecule has 0 radical (unpaired) electrons. The van der Waals surface area contributed by atoms with Gasteiger partial charge in [0.1, 0.15) is 22.9 Å². The van der Waals surface area contributed by atoms with Gasteiger partial charge in [-0.3, -0.25) is 4.99 Å². The summed E-state index contributed by atoms with van der Waals surface area (Å²) in [6, 6.07) is 8.15. The highest BCUT2D eigenvalue weighted by atomic mass is 19.1. The Morgan fingerprint density at radius 3 is 2.67 bits per heavy atom. The lowest BCUT2D eigenvalue weighted by molar-refractivity contribution is 0.0599. The second-order valence-corrected chi connectivity index (χ2v) is 5.04. The van der Waals surface area contributed by atoms with Gasteiger partial charge < -0.3 is 19.8 Å². The smallest absolute Gasteiger partial charge is 0.341 e. The molecule has 1 aromatic heterocycles. The fourth-order valence-electron chi connectivity index (χ4n) is 2.16. The number of furan rings is 1. The average Bonchev–Trinajstić information content (AvgIpc) is 2.96. The molecule has 0 aliphatic rings. The maximum atomic E-state index is 13.6. The van der Waals surface area contributed by atoms with Gasteiger partial charge in [-0.15, -0.1) is 0 Å². The average molecular weight is 333 g/mol. The Hall–Kier alpha value is -2.83. The summed E-state index contributed by atoms with van der Waals surface area (Å²) in [4.78, 5) is 15.6. The molecule has 0 amide bonds. The van der Waals surface area contributed by atoms with E-state index in [1.807, 2.05) is 0 Å². The maximum absolute atomic E-state index is 13.6. The van der Waals surface area contributed by atoms with Crippen LogP contribution in [0.25, 0.3) is 0 Å². The third-order valence-electron chi connectivity index (χ3n) is 3.43. The van der Waals surface area contributed by atoms with Gasteiger partial charge in [-0.1, -0.05) is 18.2 Å². The first kappa shape index (κ1) is 17.5. The monoisotopic (exact) mass is 333 g/mol. The minimum atomic E-state index is -0.440. The van der Waals surface area contributed by atoms with Gasteiger partial charge in [0.05, 0.1) is 13.7 Å². The number of halogens is 1. The van der Waals surface area contributed by atoms with E-state index in [1.54, 1.807) is 38.2 Å². The van der Waals surface area contributed by atoms with Crippen LogP contribution in [0.3, 0.4) is 0 Å². The van der Waals surface area contributed by atoms with Crippen LogP contribution >= 0.6 is 0 Å². The summed E-state index contributed by atoms with van der Waals surface area (Å²) in [6.07, 6.45) is 0. The second-order valence-electron chi connectivity index (χ2n) is 5.04. The Morgan fingerprint density at radius 2 is 2.00 bits per heavy atom. The molecule has 0 aliphatic carbocycles. The lowest BCUT2D eigenvalue weighted by Gasteiger charge is -2.11. The summed E-state index contributed by atoms with van der Waals surface area (Å²) < 4.78 is 23.8. The van der Waals surface area contributed by atoms with Crippen molar-refractivity contribution in [2.24, 2.45) is 4.99 Å². The fourth-order valence-corrected chi connectivity index (χ4v) is 2.16. The summed E-state index contributed by atoms with van der Waals surface area (Å²) in [6.45, 7) is 2.33. The number of carbonyl (C=O) groups is 1. The molecule has 0 bridgehead atoms. The summed E-state index contributed by atoms with van der Waals surface area (Å²) in [7, 11) is 2.94. The second kappa shape index (κ2) is 8.14. The van der Waals surface area contributed by atoms with Gasteiger partial charge in [0.15, 0.2) is 5.96 Å². The molecule has 0 atom stereocenters. The van der Waals surface area contributed by atoms with Crippen molar-refractivity contribution < 1.29 is 18.3 Å². The van der Waals surface area contributed by atoms with Crippen LogP contribution in [0.1, 0.15) is 27.4 Å². The molecule has 2 rings (SSSR count). The number of carbonyl (C=O) groups excluding carboxylic acids is 1. The van der Waals surface area contributed by atoms with Crippen LogP contribution in [0.4, 0.5) is 4.39 Å². The van der Waals surface area contributed by atoms with E-state index in [0.717, 1.165) is 0 Å². The molecule has 1 aromatic carbocycles. The van der Waals surface area contributed by atoms with E-state index in [1.165, 1.54) is 13.2 Å². The summed E-state index contributed by atoms with van der Waals surface area (Å²) in [5, 5.41) is 6.06. The van der Waals surface area contributed by atoms with Gasteiger partial charge in [0.25, 0.3) is 0 Å². The van der Waals surface area contributed by atoms with Gasteiger partial charge in [-0.05, 0) is 19.1 Å². The molecule has 1 heterocycles. The minimum Gasteiger partial charge on any atom is -0.465 e. The van der Waals surface area contributed by atoms with E-state index in [-0.39, 0.29) is 5.82 Å². The molecule has 2 N–H and O–H groups in total. The molecule has 24 heavy (non-hydrogen) atoms. The molecule has 0 fully saturated rings.